The zero-order valence-electron chi connectivity index (χ0n) is 17.6. The molecule has 10 nitrogen and oxygen atoms in total. The zero-order valence-corrected chi connectivity index (χ0v) is 18.4. The summed E-state index contributed by atoms with van der Waals surface area (Å²) in [6.07, 6.45) is 1.27. The van der Waals surface area contributed by atoms with Crippen molar-refractivity contribution in [2.24, 2.45) is 0 Å². The van der Waals surface area contributed by atoms with Crippen LogP contribution in [0.1, 0.15) is 6.42 Å². The summed E-state index contributed by atoms with van der Waals surface area (Å²) in [4.78, 5) is 28.0. The Hall–Kier alpha value is -3.44. The van der Waals surface area contributed by atoms with Crippen molar-refractivity contribution in [1.29, 1.82) is 0 Å². The normalized spacial score (nSPS) is 12.4. The smallest absolute Gasteiger partial charge is 0.305 e. The minimum absolute atomic E-state index is 0.0908. The number of hydrogen-bond donors (Lipinski definition) is 2. The molecule has 0 saturated carbocycles. The number of sulfonamides is 1. The quantitative estimate of drug-likeness (QED) is 0.412. The van der Waals surface area contributed by atoms with Gasteiger partial charge in [-0.25, -0.2) is 18.1 Å². The summed E-state index contributed by atoms with van der Waals surface area (Å²) in [5.74, 6) is -1.20. The highest BCUT2D eigenvalue weighted by atomic mass is 32.2. The maximum absolute atomic E-state index is 12.9. The van der Waals surface area contributed by atoms with Gasteiger partial charge in [-0.2, -0.15) is 0 Å². The van der Waals surface area contributed by atoms with Gasteiger partial charge >= 0.3 is 5.97 Å². The second kappa shape index (κ2) is 9.79. The van der Waals surface area contributed by atoms with Crippen LogP contribution in [0.4, 0.5) is 5.69 Å². The van der Waals surface area contributed by atoms with Crippen LogP contribution in [0, 0.1) is 0 Å². The van der Waals surface area contributed by atoms with Crippen LogP contribution in [0.2, 0.25) is 0 Å². The van der Waals surface area contributed by atoms with Crippen LogP contribution in [-0.2, 0) is 26.2 Å². The lowest BCUT2D eigenvalue weighted by Crippen LogP contribution is -2.37. The van der Waals surface area contributed by atoms with E-state index >= 15 is 0 Å². The number of carbonyl (C=O) groups is 2. The van der Waals surface area contributed by atoms with E-state index in [1.165, 1.54) is 6.07 Å². The Balaban J connectivity index is 1.84. The molecule has 0 radical (unpaired) electrons. The third-order valence-electron chi connectivity index (χ3n) is 4.72. The number of fused-ring (bicyclic) bond motifs is 1. The molecular formula is C21H24N4O6S. The molecule has 3 aromatic rings. The molecule has 0 saturated heterocycles. The first kappa shape index (κ1) is 23.2. The Morgan fingerprint density at radius 3 is 2.72 bits per heavy atom. The number of nitrogens with one attached hydrogen (secondary N) is 1. The number of carboxylic acids is 1. The Morgan fingerprint density at radius 1 is 1.28 bits per heavy atom. The van der Waals surface area contributed by atoms with Gasteiger partial charge in [0.05, 0.1) is 36.4 Å². The molecule has 0 aliphatic carbocycles. The molecule has 1 aromatic heterocycles. The molecule has 2 N–H and O–H groups in total. The van der Waals surface area contributed by atoms with Gasteiger partial charge in [0.2, 0.25) is 10.0 Å². The number of aldehydes is 1. The first-order valence-electron chi connectivity index (χ1n) is 9.74. The van der Waals surface area contributed by atoms with Gasteiger partial charge in [0, 0.05) is 25.8 Å². The fraction of sp³-hybridized carbons (Fsp3) is 0.286. The van der Waals surface area contributed by atoms with Crippen molar-refractivity contribution in [2.45, 2.75) is 23.9 Å². The Bertz CT molecular complexity index is 1220. The van der Waals surface area contributed by atoms with Crippen molar-refractivity contribution in [3.05, 3.63) is 48.8 Å². The van der Waals surface area contributed by atoms with Crippen LogP contribution in [0.3, 0.4) is 0 Å². The van der Waals surface area contributed by atoms with Gasteiger partial charge in [-0.05, 0) is 24.3 Å². The fourth-order valence-electron chi connectivity index (χ4n) is 3.12. The van der Waals surface area contributed by atoms with E-state index in [0.29, 0.717) is 12.2 Å². The monoisotopic (exact) mass is 460 g/mol. The topological polar surface area (TPSA) is 131 Å². The van der Waals surface area contributed by atoms with Crippen LogP contribution in [0.15, 0.2) is 53.7 Å². The SMILES string of the molecule is CN(C)c1ccc(S(=O)(=O)N[C@H](C=O)CC(=O)O)c(OCCn2cnc3ccccc32)c1. The van der Waals surface area contributed by atoms with E-state index in [0.717, 1.165) is 11.0 Å². The van der Waals surface area contributed by atoms with Crippen LogP contribution in [0.5, 0.6) is 5.75 Å². The highest BCUT2D eigenvalue weighted by Crippen LogP contribution is 2.29. The highest BCUT2D eigenvalue weighted by molar-refractivity contribution is 7.89. The van der Waals surface area contributed by atoms with Crippen molar-refractivity contribution in [1.82, 2.24) is 14.3 Å². The molecule has 2 aromatic carbocycles. The third-order valence-corrected chi connectivity index (χ3v) is 6.25. The van der Waals surface area contributed by atoms with E-state index in [1.807, 2.05) is 28.8 Å². The second-order valence-electron chi connectivity index (χ2n) is 7.26. The molecule has 0 fully saturated rings. The Labute approximate surface area is 185 Å². The summed E-state index contributed by atoms with van der Waals surface area (Å²) >= 11 is 0. The van der Waals surface area contributed by atoms with Crippen molar-refractivity contribution in [3.8, 4) is 5.75 Å². The van der Waals surface area contributed by atoms with Gasteiger partial charge in [-0.15, -0.1) is 0 Å². The summed E-state index contributed by atoms with van der Waals surface area (Å²) in [5, 5.41) is 8.88. The molecule has 0 bridgehead atoms. The van der Waals surface area contributed by atoms with Crippen LogP contribution >= 0.6 is 0 Å². The summed E-state index contributed by atoms with van der Waals surface area (Å²) in [6, 6.07) is 10.8. The zero-order chi connectivity index (χ0) is 23.3. The van der Waals surface area contributed by atoms with E-state index < -0.39 is 28.5 Å². The van der Waals surface area contributed by atoms with Gasteiger partial charge < -0.3 is 24.1 Å². The average Bonchev–Trinajstić information content (AvgIpc) is 3.15. The molecule has 0 aliphatic heterocycles. The van der Waals surface area contributed by atoms with Crippen LogP contribution in [0.25, 0.3) is 11.0 Å². The minimum atomic E-state index is -4.22. The Morgan fingerprint density at radius 2 is 2.03 bits per heavy atom. The van der Waals surface area contributed by atoms with Crippen molar-refractivity contribution in [2.75, 3.05) is 25.6 Å². The van der Waals surface area contributed by atoms with Gasteiger partial charge in [0.25, 0.3) is 0 Å². The number of anilines is 1. The molecule has 1 atom stereocenters. The van der Waals surface area contributed by atoms with E-state index in [-0.39, 0.29) is 23.5 Å². The minimum Gasteiger partial charge on any atom is -0.490 e. The predicted molar refractivity (Wildman–Crippen MR) is 118 cm³/mol. The molecule has 1 heterocycles. The number of carboxylic acid groups (broad SMARTS) is 1. The number of para-hydroxylation sites is 2. The molecule has 0 spiro atoms. The lowest BCUT2D eigenvalue weighted by atomic mass is 10.2. The molecule has 11 heteroatoms. The molecule has 170 valence electrons. The number of benzene rings is 2. The number of rotatable bonds is 11. The van der Waals surface area contributed by atoms with E-state index in [1.54, 1.807) is 37.5 Å². The van der Waals surface area contributed by atoms with Gasteiger partial charge in [-0.3, -0.25) is 4.79 Å². The lowest BCUT2D eigenvalue weighted by Gasteiger charge is -2.19. The molecule has 0 unspecified atom stereocenters. The Kier molecular flexibility index (Phi) is 7.11. The number of aromatic nitrogens is 2. The second-order valence-corrected chi connectivity index (χ2v) is 8.94. The summed E-state index contributed by atoms with van der Waals surface area (Å²) in [6.45, 7) is 0.585. The summed E-state index contributed by atoms with van der Waals surface area (Å²) in [7, 11) is -0.608. The average molecular weight is 461 g/mol. The molecule has 0 amide bonds. The maximum atomic E-state index is 12.9. The van der Waals surface area contributed by atoms with E-state index in [4.69, 9.17) is 9.84 Å². The lowest BCUT2D eigenvalue weighted by molar-refractivity contribution is -0.138. The van der Waals surface area contributed by atoms with Crippen molar-refractivity contribution >= 4 is 39.0 Å². The van der Waals surface area contributed by atoms with Gasteiger partial charge in [0.1, 0.15) is 23.5 Å². The summed E-state index contributed by atoms with van der Waals surface area (Å²) in [5.41, 5.74) is 2.48. The van der Waals surface area contributed by atoms with Crippen molar-refractivity contribution in [3.63, 3.8) is 0 Å². The molecule has 0 aliphatic rings. The number of aliphatic carboxylic acids is 1. The van der Waals surface area contributed by atoms with E-state index in [2.05, 4.69) is 9.71 Å². The molecule has 3 rings (SSSR count). The molecule has 32 heavy (non-hydrogen) atoms. The van der Waals surface area contributed by atoms with Crippen LogP contribution < -0.4 is 14.4 Å². The first-order valence-corrected chi connectivity index (χ1v) is 11.2. The number of nitrogens with zero attached hydrogens (tertiary/aromatic N) is 3. The largest absolute Gasteiger partial charge is 0.490 e. The fourth-order valence-corrected chi connectivity index (χ4v) is 4.41. The number of hydrogen-bond acceptors (Lipinski definition) is 7. The number of imidazole rings is 1. The van der Waals surface area contributed by atoms with Gasteiger partial charge in [-0.1, -0.05) is 12.1 Å². The van der Waals surface area contributed by atoms with Crippen LogP contribution in [-0.4, -0.2) is 62.1 Å². The third kappa shape index (κ3) is 5.42. The highest BCUT2D eigenvalue weighted by Gasteiger charge is 2.25. The number of carbonyl (C=O) groups excluding carboxylic acids is 1. The standard InChI is InChI=1S/C21H24N4O6S/c1-24(2)16-7-8-20(32(29,30)23-15(13-26)11-21(27)28)19(12-16)31-10-9-25-14-22-17-5-3-4-6-18(17)25/h3-8,12-15,23H,9-11H2,1-2H3,(H,27,28)/t15-/m0/s1. The van der Waals surface area contributed by atoms with Gasteiger partial charge in [0.15, 0.2) is 0 Å². The molecular weight excluding hydrogens is 436 g/mol. The predicted octanol–water partition coefficient (Wildman–Crippen LogP) is 1.50. The number of ether oxygens (including phenoxy) is 1. The van der Waals surface area contributed by atoms with Crippen molar-refractivity contribution < 1.29 is 27.9 Å². The maximum Gasteiger partial charge on any atom is 0.305 e. The summed E-state index contributed by atoms with van der Waals surface area (Å²) < 4.78 is 35.6. The van der Waals surface area contributed by atoms with E-state index in [9.17, 15) is 18.0 Å². The first-order chi connectivity index (χ1) is 15.2.